The molecule has 1 fully saturated rings. The Morgan fingerprint density at radius 1 is 1.44 bits per heavy atom. The van der Waals surface area contributed by atoms with Gasteiger partial charge in [-0.25, -0.2) is 0 Å². The van der Waals surface area contributed by atoms with Gasteiger partial charge in [0.1, 0.15) is 0 Å². The predicted molar refractivity (Wildman–Crippen MR) is 62.1 cm³/mol. The monoisotopic (exact) mass is 219 g/mol. The summed E-state index contributed by atoms with van der Waals surface area (Å²) in [5.74, 6) is 0.132. The standard InChI is InChI=1S/C13H17NO2/c1-10(15)9-14-8-7-12(13(14)16)11-5-3-2-4-6-11/h2-6,10,12,15H,7-9H2,1H3/t10-,12?/m1/s1. The lowest BCUT2D eigenvalue weighted by Gasteiger charge is -2.18. The van der Waals surface area contributed by atoms with E-state index in [2.05, 4.69) is 0 Å². The fourth-order valence-electron chi connectivity index (χ4n) is 2.23. The molecule has 1 unspecified atom stereocenters. The lowest BCUT2D eigenvalue weighted by Crippen LogP contribution is -2.33. The average molecular weight is 219 g/mol. The summed E-state index contributed by atoms with van der Waals surface area (Å²) < 4.78 is 0. The number of hydrogen-bond acceptors (Lipinski definition) is 2. The van der Waals surface area contributed by atoms with Crippen LogP contribution < -0.4 is 0 Å². The summed E-state index contributed by atoms with van der Waals surface area (Å²) in [6, 6.07) is 9.86. The van der Waals surface area contributed by atoms with Crippen molar-refractivity contribution < 1.29 is 9.90 Å². The van der Waals surface area contributed by atoms with E-state index in [1.165, 1.54) is 0 Å². The zero-order chi connectivity index (χ0) is 11.5. The van der Waals surface area contributed by atoms with E-state index in [-0.39, 0.29) is 11.8 Å². The van der Waals surface area contributed by atoms with E-state index in [9.17, 15) is 9.90 Å². The molecule has 86 valence electrons. The molecule has 3 heteroatoms. The normalized spacial score (nSPS) is 22.5. The van der Waals surface area contributed by atoms with Crippen molar-refractivity contribution in [3.63, 3.8) is 0 Å². The molecule has 1 heterocycles. The van der Waals surface area contributed by atoms with Crippen molar-refractivity contribution in [2.75, 3.05) is 13.1 Å². The third kappa shape index (κ3) is 2.25. The quantitative estimate of drug-likeness (QED) is 0.834. The molecule has 1 amide bonds. The highest BCUT2D eigenvalue weighted by Crippen LogP contribution is 2.28. The molecule has 0 radical (unpaired) electrons. The number of amides is 1. The lowest BCUT2D eigenvalue weighted by molar-refractivity contribution is -0.130. The van der Waals surface area contributed by atoms with Gasteiger partial charge in [-0.2, -0.15) is 0 Å². The summed E-state index contributed by atoms with van der Waals surface area (Å²) in [7, 11) is 0. The molecule has 0 aliphatic carbocycles. The van der Waals surface area contributed by atoms with Gasteiger partial charge in [-0.1, -0.05) is 30.3 Å². The number of carbonyl (C=O) groups excluding carboxylic acids is 1. The van der Waals surface area contributed by atoms with Crippen LogP contribution in [-0.4, -0.2) is 35.1 Å². The Morgan fingerprint density at radius 2 is 2.12 bits per heavy atom. The van der Waals surface area contributed by atoms with Crippen molar-refractivity contribution in [1.29, 1.82) is 0 Å². The van der Waals surface area contributed by atoms with Crippen LogP contribution in [0.15, 0.2) is 30.3 Å². The molecule has 1 aliphatic heterocycles. The predicted octanol–water partition coefficient (Wildman–Crippen LogP) is 1.38. The van der Waals surface area contributed by atoms with Crippen LogP contribution in [-0.2, 0) is 4.79 Å². The molecule has 16 heavy (non-hydrogen) atoms. The van der Waals surface area contributed by atoms with Gasteiger partial charge >= 0.3 is 0 Å². The summed E-state index contributed by atoms with van der Waals surface area (Å²) in [5.41, 5.74) is 1.08. The van der Waals surface area contributed by atoms with E-state index in [1.807, 2.05) is 30.3 Å². The SMILES string of the molecule is C[C@@H](O)CN1CCC(c2ccccc2)C1=O. The van der Waals surface area contributed by atoms with Crippen molar-refractivity contribution in [1.82, 2.24) is 4.90 Å². The van der Waals surface area contributed by atoms with Crippen LogP contribution in [0.2, 0.25) is 0 Å². The Bertz CT molecular complexity index is 361. The summed E-state index contributed by atoms with van der Waals surface area (Å²) >= 11 is 0. The third-order valence-electron chi connectivity index (χ3n) is 2.98. The maximum atomic E-state index is 12.1. The number of β-amino-alcohol motifs (C(OH)–C–C–N with tert-alkyl or cyclic N) is 1. The molecule has 2 rings (SSSR count). The number of likely N-dealkylation sites (tertiary alicyclic amines) is 1. The fourth-order valence-corrected chi connectivity index (χ4v) is 2.23. The second kappa shape index (κ2) is 4.66. The maximum absolute atomic E-state index is 12.1. The minimum atomic E-state index is -0.446. The topological polar surface area (TPSA) is 40.5 Å². The molecule has 1 aliphatic rings. The first kappa shape index (κ1) is 11.1. The second-order valence-electron chi connectivity index (χ2n) is 4.39. The highest BCUT2D eigenvalue weighted by atomic mass is 16.3. The van der Waals surface area contributed by atoms with Crippen LogP contribution in [0.4, 0.5) is 0 Å². The van der Waals surface area contributed by atoms with Crippen molar-refractivity contribution in [2.45, 2.75) is 25.4 Å². The molecule has 0 spiro atoms. The first-order valence-corrected chi connectivity index (χ1v) is 5.70. The number of carbonyl (C=O) groups is 1. The molecule has 1 aromatic rings. The van der Waals surface area contributed by atoms with Crippen LogP contribution in [0.1, 0.15) is 24.8 Å². The van der Waals surface area contributed by atoms with Gasteiger partial charge in [0.2, 0.25) is 5.91 Å². The van der Waals surface area contributed by atoms with Crippen LogP contribution in [0.25, 0.3) is 0 Å². The van der Waals surface area contributed by atoms with E-state index in [0.717, 1.165) is 18.5 Å². The van der Waals surface area contributed by atoms with Gasteiger partial charge < -0.3 is 10.0 Å². The Labute approximate surface area is 95.7 Å². The van der Waals surface area contributed by atoms with Crippen molar-refractivity contribution >= 4 is 5.91 Å². The number of aliphatic hydroxyl groups is 1. The highest BCUT2D eigenvalue weighted by Gasteiger charge is 2.32. The summed E-state index contributed by atoms with van der Waals surface area (Å²) in [5, 5.41) is 9.29. The van der Waals surface area contributed by atoms with Gasteiger partial charge in [0.15, 0.2) is 0 Å². The number of hydrogen-bond donors (Lipinski definition) is 1. The van der Waals surface area contributed by atoms with E-state index >= 15 is 0 Å². The molecule has 2 atom stereocenters. The fraction of sp³-hybridized carbons (Fsp3) is 0.462. The number of benzene rings is 1. The minimum Gasteiger partial charge on any atom is -0.392 e. The highest BCUT2D eigenvalue weighted by molar-refractivity contribution is 5.85. The number of nitrogens with zero attached hydrogens (tertiary/aromatic N) is 1. The van der Waals surface area contributed by atoms with Gasteiger partial charge in [-0.3, -0.25) is 4.79 Å². The van der Waals surface area contributed by atoms with Crippen LogP contribution in [0.5, 0.6) is 0 Å². The second-order valence-corrected chi connectivity index (χ2v) is 4.39. The molecule has 3 nitrogen and oxygen atoms in total. The first-order chi connectivity index (χ1) is 7.68. The largest absolute Gasteiger partial charge is 0.392 e. The molecular weight excluding hydrogens is 202 g/mol. The third-order valence-corrected chi connectivity index (χ3v) is 2.98. The van der Waals surface area contributed by atoms with E-state index < -0.39 is 6.10 Å². The minimum absolute atomic E-state index is 0.0139. The average Bonchev–Trinajstić information content (AvgIpc) is 2.61. The van der Waals surface area contributed by atoms with Gasteiger partial charge in [-0.15, -0.1) is 0 Å². The lowest BCUT2D eigenvalue weighted by atomic mass is 9.98. The molecule has 0 bridgehead atoms. The van der Waals surface area contributed by atoms with Gasteiger partial charge in [0.05, 0.1) is 12.0 Å². The zero-order valence-electron chi connectivity index (χ0n) is 9.47. The van der Waals surface area contributed by atoms with Gasteiger partial charge in [0.25, 0.3) is 0 Å². The zero-order valence-corrected chi connectivity index (χ0v) is 9.47. The van der Waals surface area contributed by atoms with Crippen molar-refractivity contribution in [3.05, 3.63) is 35.9 Å². The molecule has 1 saturated heterocycles. The van der Waals surface area contributed by atoms with E-state index in [0.29, 0.717) is 6.54 Å². The summed E-state index contributed by atoms with van der Waals surface area (Å²) in [6.07, 6.45) is 0.411. The molecule has 1 aromatic carbocycles. The van der Waals surface area contributed by atoms with Gasteiger partial charge in [-0.05, 0) is 18.9 Å². The Kier molecular flexibility index (Phi) is 3.25. The van der Waals surface area contributed by atoms with Crippen LogP contribution >= 0.6 is 0 Å². The Morgan fingerprint density at radius 3 is 2.75 bits per heavy atom. The van der Waals surface area contributed by atoms with E-state index in [4.69, 9.17) is 0 Å². The molecule has 0 aromatic heterocycles. The molecule has 1 N–H and O–H groups in total. The van der Waals surface area contributed by atoms with Gasteiger partial charge in [0, 0.05) is 13.1 Å². The summed E-state index contributed by atoms with van der Waals surface area (Å²) in [6.45, 7) is 2.91. The molecular formula is C13H17NO2. The van der Waals surface area contributed by atoms with Crippen molar-refractivity contribution in [3.8, 4) is 0 Å². The summed E-state index contributed by atoms with van der Waals surface area (Å²) in [4.78, 5) is 13.8. The number of aliphatic hydroxyl groups excluding tert-OH is 1. The van der Waals surface area contributed by atoms with E-state index in [1.54, 1.807) is 11.8 Å². The Hall–Kier alpha value is -1.35. The smallest absolute Gasteiger partial charge is 0.230 e. The van der Waals surface area contributed by atoms with Crippen LogP contribution in [0, 0.1) is 0 Å². The maximum Gasteiger partial charge on any atom is 0.230 e. The Balaban J connectivity index is 2.08. The first-order valence-electron chi connectivity index (χ1n) is 5.70. The molecule has 0 saturated carbocycles. The van der Waals surface area contributed by atoms with Crippen molar-refractivity contribution in [2.24, 2.45) is 0 Å². The number of rotatable bonds is 3. The van der Waals surface area contributed by atoms with Crippen LogP contribution in [0.3, 0.4) is 0 Å².